The summed E-state index contributed by atoms with van der Waals surface area (Å²) in [7, 11) is 0.374. The van der Waals surface area contributed by atoms with Crippen LogP contribution in [0.5, 0.6) is 0 Å². The maximum absolute atomic E-state index is 13.1. The van der Waals surface area contributed by atoms with Crippen molar-refractivity contribution in [2.45, 2.75) is 75.3 Å². The zero-order chi connectivity index (χ0) is 23.4. The number of methoxy groups -OCH3 is 1. The molecule has 0 amide bonds. The van der Waals surface area contributed by atoms with E-state index in [1.807, 2.05) is 6.92 Å². The van der Waals surface area contributed by atoms with Gasteiger partial charge >= 0.3 is 0 Å². The summed E-state index contributed by atoms with van der Waals surface area (Å²) in [4.78, 5) is 2.62. The lowest BCUT2D eigenvalue weighted by Gasteiger charge is -2.35. The predicted molar refractivity (Wildman–Crippen MR) is 131 cm³/mol. The average Bonchev–Trinajstić information content (AvgIpc) is 2.78. The van der Waals surface area contributed by atoms with E-state index in [4.69, 9.17) is 21.1 Å². The number of sulfonamides is 1. The van der Waals surface area contributed by atoms with Crippen LogP contribution in [0.1, 0.15) is 58.3 Å². The van der Waals surface area contributed by atoms with Gasteiger partial charge in [0.25, 0.3) is 0 Å². The largest absolute Gasteiger partial charge is 0.383 e. The molecule has 0 heterocycles. The lowest BCUT2D eigenvalue weighted by Crippen LogP contribution is -2.43. The molecule has 8 heteroatoms. The summed E-state index contributed by atoms with van der Waals surface area (Å²) in [5, 5.41) is 0.541. The molecule has 2 rings (SSSR count). The Morgan fingerprint density at radius 3 is 2.25 bits per heavy atom. The summed E-state index contributed by atoms with van der Waals surface area (Å²) in [6.45, 7) is 6.07. The van der Waals surface area contributed by atoms with Crippen molar-refractivity contribution >= 4 is 21.6 Å². The van der Waals surface area contributed by atoms with Gasteiger partial charge in [-0.15, -0.1) is 0 Å². The minimum absolute atomic E-state index is 0.0376. The molecule has 0 aromatic heterocycles. The van der Waals surface area contributed by atoms with Gasteiger partial charge in [-0.05, 0) is 76.4 Å². The molecule has 0 atom stereocenters. The average molecular weight is 489 g/mol. The fourth-order valence-corrected chi connectivity index (χ4v) is 6.13. The van der Waals surface area contributed by atoms with E-state index < -0.39 is 10.0 Å². The van der Waals surface area contributed by atoms with Crippen molar-refractivity contribution in [2.24, 2.45) is 0 Å². The molecule has 0 bridgehead atoms. The molecule has 6 nitrogen and oxygen atoms in total. The van der Waals surface area contributed by atoms with Crippen molar-refractivity contribution in [2.75, 3.05) is 47.0 Å². The van der Waals surface area contributed by atoms with Crippen molar-refractivity contribution in [3.63, 3.8) is 0 Å². The molecule has 0 spiro atoms. The fourth-order valence-electron chi connectivity index (χ4n) is 4.31. The zero-order valence-corrected chi connectivity index (χ0v) is 21.5. The third-order valence-electron chi connectivity index (χ3n) is 6.25. The topological polar surface area (TPSA) is 59.1 Å². The van der Waals surface area contributed by atoms with Crippen LogP contribution in [0.4, 0.5) is 0 Å². The van der Waals surface area contributed by atoms with Crippen LogP contribution in [0.2, 0.25) is 5.02 Å². The molecule has 1 aliphatic rings. The molecule has 1 saturated carbocycles. The first-order valence-corrected chi connectivity index (χ1v) is 13.8. The second kappa shape index (κ2) is 14.5. The van der Waals surface area contributed by atoms with Crippen LogP contribution in [0, 0.1) is 0 Å². The second-order valence-electron chi connectivity index (χ2n) is 8.67. The minimum atomic E-state index is -3.50. The van der Waals surface area contributed by atoms with Gasteiger partial charge in [-0.1, -0.05) is 31.4 Å². The van der Waals surface area contributed by atoms with Crippen molar-refractivity contribution in [1.29, 1.82) is 0 Å². The van der Waals surface area contributed by atoms with Gasteiger partial charge in [0.15, 0.2) is 0 Å². The summed E-state index contributed by atoms with van der Waals surface area (Å²) < 4.78 is 39.0. The standard InChI is InChI=1S/C24H41ClN2O4S/c1-4-27(32(28,29)24-15-9-21(25)10-16-24)22-11-13-23(14-12-22)31-19-8-6-5-7-17-26(2)18-20-30-3/h9-10,15-16,22-23H,4-8,11-14,17-20H2,1-3H3/t22-,23-. The third kappa shape index (κ3) is 8.92. The fraction of sp³-hybridized carbons (Fsp3) is 0.750. The molecule has 1 aliphatic carbocycles. The quantitative estimate of drug-likeness (QED) is 0.331. The van der Waals surface area contributed by atoms with Gasteiger partial charge in [-0.2, -0.15) is 4.31 Å². The molecule has 0 saturated heterocycles. The number of benzene rings is 1. The van der Waals surface area contributed by atoms with Crippen molar-refractivity contribution in [3.05, 3.63) is 29.3 Å². The third-order valence-corrected chi connectivity index (χ3v) is 8.54. The Morgan fingerprint density at radius 1 is 0.969 bits per heavy atom. The van der Waals surface area contributed by atoms with E-state index in [1.54, 1.807) is 35.7 Å². The predicted octanol–water partition coefficient (Wildman–Crippen LogP) is 4.82. The molecule has 1 aromatic carbocycles. The maximum atomic E-state index is 13.1. The summed E-state index contributed by atoms with van der Waals surface area (Å²) in [5.41, 5.74) is 0. The molecular weight excluding hydrogens is 448 g/mol. The molecule has 0 N–H and O–H groups in total. The number of hydrogen-bond acceptors (Lipinski definition) is 5. The van der Waals surface area contributed by atoms with Crippen molar-refractivity contribution < 1.29 is 17.9 Å². The minimum Gasteiger partial charge on any atom is -0.383 e. The Morgan fingerprint density at radius 2 is 1.62 bits per heavy atom. The Hall–Kier alpha value is -0.700. The summed E-state index contributed by atoms with van der Waals surface area (Å²) in [6, 6.07) is 6.48. The molecule has 1 aromatic rings. The highest BCUT2D eigenvalue weighted by Gasteiger charge is 2.33. The van der Waals surface area contributed by atoms with Crippen LogP contribution in [0.25, 0.3) is 0 Å². The van der Waals surface area contributed by atoms with E-state index in [0.717, 1.165) is 58.4 Å². The van der Waals surface area contributed by atoms with E-state index in [-0.39, 0.29) is 12.1 Å². The van der Waals surface area contributed by atoms with Gasteiger partial charge < -0.3 is 14.4 Å². The molecule has 0 radical (unpaired) electrons. The van der Waals surface area contributed by atoms with Crippen LogP contribution in [0.15, 0.2) is 29.2 Å². The Bertz CT molecular complexity index is 737. The van der Waals surface area contributed by atoms with E-state index >= 15 is 0 Å². The van der Waals surface area contributed by atoms with E-state index in [2.05, 4.69) is 11.9 Å². The summed E-state index contributed by atoms with van der Waals surface area (Å²) in [6.07, 6.45) is 8.50. The number of unbranched alkanes of at least 4 members (excludes halogenated alkanes) is 3. The van der Waals surface area contributed by atoms with E-state index in [1.165, 1.54) is 19.3 Å². The van der Waals surface area contributed by atoms with Gasteiger partial charge in [-0.25, -0.2) is 8.42 Å². The maximum Gasteiger partial charge on any atom is 0.243 e. The normalized spacial score (nSPS) is 19.7. The molecule has 32 heavy (non-hydrogen) atoms. The Kier molecular flexibility index (Phi) is 12.5. The van der Waals surface area contributed by atoms with E-state index in [9.17, 15) is 8.42 Å². The smallest absolute Gasteiger partial charge is 0.243 e. The molecule has 0 aliphatic heterocycles. The number of rotatable bonds is 15. The van der Waals surface area contributed by atoms with Crippen LogP contribution in [-0.4, -0.2) is 76.8 Å². The zero-order valence-electron chi connectivity index (χ0n) is 20.0. The number of nitrogens with zero attached hydrogens (tertiary/aromatic N) is 2. The lowest BCUT2D eigenvalue weighted by atomic mass is 9.93. The highest BCUT2D eigenvalue weighted by atomic mass is 35.5. The van der Waals surface area contributed by atoms with Crippen molar-refractivity contribution in [1.82, 2.24) is 9.21 Å². The number of ether oxygens (including phenoxy) is 2. The number of likely N-dealkylation sites (N-methyl/N-ethyl adjacent to an activating group) is 1. The molecule has 0 unspecified atom stereocenters. The van der Waals surface area contributed by atoms with Crippen LogP contribution >= 0.6 is 11.6 Å². The first kappa shape index (κ1) is 27.5. The highest BCUT2D eigenvalue weighted by Crippen LogP contribution is 2.29. The van der Waals surface area contributed by atoms with Gasteiger partial charge in [0.1, 0.15) is 0 Å². The molecular formula is C24H41ClN2O4S. The van der Waals surface area contributed by atoms with Gasteiger partial charge in [0.05, 0.1) is 17.6 Å². The Balaban J connectivity index is 1.65. The number of hydrogen-bond donors (Lipinski definition) is 0. The van der Waals surface area contributed by atoms with Gasteiger partial charge in [-0.3, -0.25) is 0 Å². The molecule has 1 fully saturated rings. The highest BCUT2D eigenvalue weighted by molar-refractivity contribution is 7.89. The monoisotopic (exact) mass is 488 g/mol. The van der Waals surface area contributed by atoms with Crippen molar-refractivity contribution in [3.8, 4) is 0 Å². The van der Waals surface area contributed by atoms with Crippen LogP contribution in [-0.2, 0) is 19.5 Å². The van der Waals surface area contributed by atoms with Crippen LogP contribution < -0.4 is 0 Å². The SMILES string of the molecule is CCN([C@H]1CC[C@H](OCCCCCCN(C)CCOC)CC1)S(=O)(=O)c1ccc(Cl)cc1. The summed E-state index contributed by atoms with van der Waals surface area (Å²) in [5.74, 6) is 0. The summed E-state index contributed by atoms with van der Waals surface area (Å²) >= 11 is 5.92. The van der Waals surface area contributed by atoms with Gasteiger partial charge in [0.2, 0.25) is 10.0 Å². The first-order chi connectivity index (χ1) is 15.4. The van der Waals surface area contributed by atoms with E-state index in [0.29, 0.717) is 16.5 Å². The van der Waals surface area contributed by atoms with Gasteiger partial charge in [0, 0.05) is 37.9 Å². The van der Waals surface area contributed by atoms with Crippen LogP contribution in [0.3, 0.4) is 0 Å². The number of halogens is 1. The first-order valence-electron chi connectivity index (χ1n) is 11.9. The second-order valence-corrected chi connectivity index (χ2v) is 11.0. The lowest BCUT2D eigenvalue weighted by molar-refractivity contribution is 0.0144. The molecule has 184 valence electrons. The Labute approximate surface area is 200 Å².